The molecular weight excluding hydrogens is 454 g/mol. The Morgan fingerprint density at radius 3 is 2.56 bits per heavy atom. The zero-order valence-electron chi connectivity index (χ0n) is 20.6. The fraction of sp³-hybridized carbons (Fsp3) is 0.357. The van der Waals surface area contributed by atoms with Crippen LogP contribution in [0.25, 0.3) is 0 Å². The number of benzene rings is 2. The van der Waals surface area contributed by atoms with Gasteiger partial charge in [-0.05, 0) is 30.0 Å². The molecule has 1 amide bonds. The van der Waals surface area contributed by atoms with E-state index in [-0.39, 0.29) is 18.2 Å². The van der Waals surface area contributed by atoms with Gasteiger partial charge in [0.25, 0.3) is 0 Å². The van der Waals surface area contributed by atoms with Crippen molar-refractivity contribution in [1.82, 2.24) is 15.1 Å². The molecule has 8 nitrogen and oxygen atoms in total. The van der Waals surface area contributed by atoms with Crippen LogP contribution in [0.3, 0.4) is 0 Å². The standard InChI is InChI=1S/C28H31N5O3/c1-19(21-8-10-22(11-9-21)25-13-12-24(29)18-30-25)33-17-16-28(36-27(33)34,23-6-4-3-5-7-23)15-14-26-32-31-20(2)35-26/h3-12,18-19,25H,13-17,29H2,1-2H3/t19-,25?,28+/m0/s1. The minimum Gasteiger partial charge on any atom is -0.438 e. The Morgan fingerprint density at radius 1 is 1.14 bits per heavy atom. The molecule has 0 spiro atoms. The summed E-state index contributed by atoms with van der Waals surface area (Å²) in [5, 5.41) is 8.04. The van der Waals surface area contributed by atoms with Crippen molar-refractivity contribution in [3.63, 3.8) is 0 Å². The fourth-order valence-corrected chi connectivity index (χ4v) is 4.97. The summed E-state index contributed by atoms with van der Waals surface area (Å²) in [6.45, 7) is 4.39. The molecule has 3 atom stereocenters. The van der Waals surface area contributed by atoms with E-state index >= 15 is 0 Å². The number of dihydropyridines is 1. The molecule has 0 radical (unpaired) electrons. The average Bonchev–Trinajstić information content (AvgIpc) is 3.33. The lowest BCUT2D eigenvalue weighted by atomic mass is 9.84. The highest BCUT2D eigenvalue weighted by atomic mass is 16.6. The van der Waals surface area contributed by atoms with Crippen molar-refractivity contribution in [3.05, 3.63) is 94.8 Å². The van der Waals surface area contributed by atoms with Crippen LogP contribution in [-0.4, -0.2) is 33.9 Å². The van der Waals surface area contributed by atoms with Crippen LogP contribution < -0.4 is 5.73 Å². The molecule has 8 heteroatoms. The van der Waals surface area contributed by atoms with Gasteiger partial charge in [0.2, 0.25) is 11.8 Å². The molecule has 0 bridgehead atoms. The number of nitrogens with zero attached hydrogens (tertiary/aromatic N) is 4. The summed E-state index contributed by atoms with van der Waals surface area (Å²) in [5.41, 5.74) is 8.92. The zero-order valence-corrected chi connectivity index (χ0v) is 20.6. The van der Waals surface area contributed by atoms with Crippen molar-refractivity contribution in [2.45, 2.75) is 57.2 Å². The maximum Gasteiger partial charge on any atom is 0.411 e. The molecule has 2 N–H and O–H groups in total. The maximum absolute atomic E-state index is 13.4. The summed E-state index contributed by atoms with van der Waals surface area (Å²) < 4.78 is 11.8. The first-order valence-corrected chi connectivity index (χ1v) is 12.4. The Labute approximate surface area is 210 Å². The summed E-state index contributed by atoms with van der Waals surface area (Å²) in [4.78, 5) is 19.7. The quantitative estimate of drug-likeness (QED) is 0.495. The van der Waals surface area contributed by atoms with Gasteiger partial charge in [-0.3, -0.25) is 4.99 Å². The summed E-state index contributed by atoms with van der Waals surface area (Å²) in [7, 11) is 0. The molecule has 36 heavy (non-hydrogen) atoms. The van der Waals surface area contributed by atoms with E-state index in [0.29, 0.717) is 43.3 Å². The lowest BCUT2D eigenvalue weighted by Crippen LogP contribution is -2.49. The van der Waals surface area contributed by atoms with Crippen LogP contribution in [0.5, 0.6) is 0 Å². The lowest BCUT2D eigenvalue weighted by Gasteiger charge is -2.43. The fourth-order valence-electron chi connectivity index (χ4n) is 4.97. The highest BCUT2D eigenvalue weighted by Crippen LogP contribution is 2.40. The molecule has 2 aliphatic heterocycles. The second-order valence-electron chi connectivity index (χ2n) is 9.46. The number of cyclic esters (lactones) is 1. The number of aryl methyl sites for hydroxylation is 2. The van der Waals surface area contributed by atoms with Gasteiger partial charge in [0, 0.05) is 44.6 Å². The predicted octanol–water partition coefficient (Wildman–Crippen LogP) is 5.17. The van der Waals surface area contributed by atoms with E-state index < -0.39 is 5.60 Å². The van der Waals surface area contributed by atoms with Crippen LogP contribution in [-0.2, 0) is 16.8 Å². The molecule has 186 valence electrons. The monoisotopic (exact) mass is 485 g/mol. The first-order valence-electron chi connectivity index (χ1n) is 12.4. The molecule has 1 saturated heterocycles. The van der Waals surface area contributed by atoms with Crippen LogP contribution in [0.4, 0.5) is 4.79 Å². The number of amides is 1. The second-order valence-corrected chi connectivity index (χ2v) is 9.46. The van der Waals surface area contributed by atoms with Crippen molar-refractivity contribution < 1.29 is 13.9 Å². The third-order valence-corrected chi connectivity index (χ3v) is 7.14. The van der Waals surface area contributed by atoms with Gasteiger partial charge < -0.3 is 19.8 Å². The van der Waals surface area contributed by atoms with E-state index in [1.807, 2.05) is 43.3 Å². The Kier molecular flexibility index (Phi) is 6.59. The van der Waals surface area contributed by atoms with Crippen molar-refractivity contribution in [2.24, 2.45) is 10.7 Å². The van der Waals surface area contributed by atoms with E-state index in [0.717, 1.165) is 23.1 Å². The average molecular weight is 486 g/mol. The molecule has 0 aliphatic carbocycles. The van der Waals surface area contributed by atoms with Crippen LogP contribution >= 0.6 is 0 Å². The van der Waals surface area contributed by atoms with E-state index in [1.165, 1.54) is 0 Å². The predicted molar refractivity (Wildman–Crippen MR) is 136 cm³/mol. The molecular formula is C28H31N5O3. The summed E-state index contributed by atoms with van der Waals surface area (Å²) in [6, 6.07) is 18.2. The number of ether oxygens (including phenoxy) is 1. The largest absolute Gasteiger partial charge is 0.438 e. The highest BCUT2D eigenvalue weighted by Gasteiger charge is 2.43. The number of aromatic nitrogens is 2. The molecule has 5 rings (SSSR count). The van der Waals surface area contributed by atoms with Gasteiger partial charge in [-0.25, -0.2) is 4.79 Å². The second kappa shape index (κ2) is 9.97. The van der Waals surface area contributed by atoms with E-state index in [2.05, 4.69) is 39.5 Å². The Bertz CT molecular complexity index is 1270. The molecule has 3 heterocycles. The topological polar surface area (TPSA) is 107 Å². The number of hydrogen-bond acceptors (Lipinski definition) is 7. The van der Waals surface area contributed by atoms with Crippen molar-refractivity contribution in [3.8, 4) is 0 Å². The van der Waals surface area contributed by atoms with Gasteiger partial charge in [-0.15, -0.1) is 10.2 Å². The molecule has 1 unspecified atom stereocenters. The minimum atomic E-state index is -0.741. The van der Waals surface area contributed by atoms with Crippen LogP contribution in [0.1, 0.15) is 66.7 Å². The van der Waals surface area contributed by atoms with E-state index in [9.17, 15) is 4.79 Å². The van der Waals surface area contributed by atoms with Crippen LogP contribution in [0.2, 0.25) is 0 Å². The number of allylic oxidation sites excluding steroid dienone is 1. The smallest absolute Gasteiger partial charge is 0.411 e. The van der Waals surface area contributed by atoms with Gasteiger partial charge in [0.15, 0.2) is 0 Å². The van der Waals surface area contributed by atoms with Crippen molar-refractivity contribution in [2.75, 3.05) is 6.54 Å². The third-order valence-electron chi connectivity index (χ3n) is 7.14. The zero-order chi connectivity index (χ0) is 25.1. The molecule has 1 aromatic heterocycles. The summed E-state index contributed by atoms with van der Waals surface area (Å²) >= 11 is 0. The van der Waals surface area contributed by atoms with Gasteiger partial charge in [0.1, 0.15) is 5.60 Å². The first-order chi connectivity index (χ1) is 17.4. The van der Waals surface area contributed by atoms with Crippen molar-refractivity contribution >= 4 is 12.3 Å². The number of rotatable bonds is 7. The normalized spacial score (nSPS) is 22.7. The minimum absolute atomic E-state index is 0.0794. The molecule has 2 aliphatic rings. The number of nitrogens with two attached hydrogens (primary N) is 1. The highest BCUT2D eigenvalue weighted by molar-refractivity contribution is 5.78. The number of carbonyl (C=O) groups is 1. The Morgan fingerprint density at radius 2 is 1.92 bits per heavy atom. The molecule has 1 fully saturated rings. The molecule has 3 aromatic rings. The van der Waals surface area contributed by atoms with Crippen molar-refractivity contribution in [1.29, 1.82) is 0 Å². The maximum atomic E-state index is 13.4. The number of aliphatic imine (C=N–C) groups is 1. The Hall–Kier alpha value is -3.94. The van der Waals surface area contributed by atoms with E-state index in [4.69, 9.17) is 14.9 Å². The SMILES string of the molecule is Cc1nnc(CC[C@]2(c3ccccc3)CCN([C@@H](C)c3ccc(C4CC=C(N)C=N4)cc3)C(=O)O2)o1. The van der Waals surface area contributed by atoms with Gasteiger partial charge >= 0.3 is 6.09 Å². The third kappa shape index (κ3) is 4.89. The number of hydrogen-bond donors (Lipinski definition) is 1. The summed E-state index contributed by atoms with van der Waals surface area (Å²) in [5.74, 6) is 1.08. The lowest BCUT2D eigenvalue weighted by molar-refractivity contribution is -0.0660. The summed E-state index contributed by atoms with van der Waals surface area (Å²) in [6.07, 6.45) is 5.96. The Balaban J connectivity index is 1.30. The molecule has 0 saturated carbocycles. The first kappa shape index (κ1) is 23.8. The van der Waals surface area contributed by atoms with Gasteiger partial charge in [0.05, 0.1) is 12.1 Å². The number of carbonyl (C=O) groups excluding carboxylic acids is 1. The molecule has 2 aromatic carbocycles. The van der Waals surface area contributed by atoms with Crippen LogP contribution in [0.15, 0.2) is 75.8 Å². The van der Waals surface area contributed by atoms with Gasteiger partial charge in [-0.2, -0.15) is 0 Å². The van der Waals surface area contributed by atoms with Crippen LogP contribution in [0, 0.1) is 6.92 Å². The van der Waals surface area contributed by atoms with E-state index in [1.54, 1.807) is 18.0 Å². The van der Waals surface area contributed by atoms with Gasteiger partial charge in [-0.1, -0.05) is 60.7 Å².